The van der Waals surface area contributed by atoms with Crippen molar-refractivity contribution in [1.82, 2.24) is 9.80 Å². The number of likely N-dealkylation sites (tertiary alicyclic amines) is 1. The number of nitrogens with zero attached hydrogens (tertiary/aromatic N) is 2. The van der Waals surface area contributed by atoms with Crippen LogP contribution in [0.25, 0.3) is 0 Å². The zero-order valence-electron chi connectivity index (χ0n) is 19.2. The van der Waals surface area contributed by atoms with Crippen LogP contribution in [0.2, 0.25) is 0 Å². The summed E-state index contributed by atoms with van der Waals surface area (Å²) in [7, 11) is 1.79. The van der Waals surface area contributed by atoms with E-state index in [9.17, 15) is 9.59 Å². The van der Waals surface area contributed by atoms with Crippen molar-refractivity contribution in [3.8, 4) is 23.0 Å². The molecule has 2 aromatic carbocycles. The average Bonchev–Trinajstić information content (AvgIpc) is 3.32. The molecule has 1 atom stereocenters. The molecule has 5 rings (SSSR count). The maximum atomic E-state index is 12.8. The first-order valence-corrected chi connectivity index (χ1v) is 11.6. The molecule has 1 saturated heterocycles. The van der Waals surface area contributed by atoms with Crippen molar-refractivity contribution >= 4 is 17.5 Å². The SMILES string of the molecule is CN(C[C@@H]1COc2ccccc2O1)C(=O)CN1CCC(C(=O)Nc2ccc3c(c2)OCO3)CC1. The molecule has 2 amide bonds. The maximum absolute atomic E-state index is 12.8. The normalized spacial score (nSPS) is 19.5. The fraction of sp³-hybridized carbons (Fsp3) is 0.440. The van der Waals surface area contributed by atoms with Gasteiger partial charge in [-0.25, -0.2) is 0 Å². The smallest absolute Gasteiger partial charge is 0.236 e. The maximum Gasteiger partial charge on any atom is 0.236 e. The van der Waals surface area contributed by atoms with Gasteiger partial charge in [-0.2, -0.15) is 0 Å². The lowest BCUT2D eigenvalue weighted by molar-refractivity contribution is -0.133. The molecule has 2 aromatic rings. The second-order valence-corrected chi connectivity index (χ2v) is 8.88. The van der Waals surface area contributed by atoms with E-state index in [0.717, 1.165) is 5.75 Å². The van der Waals surface area contributed by atoms with E-state index in [1.54, 1.807) is 24.1 Å². The lowest BCUT2D eigenvalue weighted by Gasteiger charge is -2.33. The number of hydrogen-bond donors (Lipinski definition) is 1. The number of hydrogen-bond acceptors (Lipinski definition) is 7. The number of amides is 2. The fourth-order valence-electron chi connectivity index (χ4n) is 4.44. The lowest BCUT2D eigenvalue weighted by atomic mass is 9.95. The first kappa shape index (κ1) is 22.3. The number of nitrogens with one attached hydrogen (secondary N) is 1. The lowest BCUT2D eigenvalue weighted by Crippen LogP contribution is -2.47. The molecule has 0 saturated carbocycles. The van der Waals surface area contributed by atoms with Gasteiger partial charge in [0.2, 0.25) is 18.6 Å². The van der Waals surface area contributed by atoms with Gasteiger partial charge in [-0.05, 0) is 50.2 Å². The van der Waals surface area contributed by atoms with Crippen LogP contribution in [-0.2, 0) is 9.59 Å². The topological polar surface area (TPSA) is 89.6 Å². The summed E-state index contributed by atoms with van der Waals surface area (Å²) >= 11 is 0. The molecule has 0 spiro atoms. The third-order valence-electron chi connectivity index (χ3n) is 6.43. The Morgan fingerprint density at radius 3 is 2.56 bits per heavy atom. The van der Waals surface area contributed by atoms with E-state index in [0.29, 0.717) is 68.6 Å². The van der Waals surface area contributed by atoms with Gasteiger partial charge in [0.15, 0.2) is 29.1 Å². The number of ether oxygens (including phenoxy) is 4. The van der Waals surface area contributed by atoms with Crippen molar-refractivity contribution in [2.45, 2.75) is 18.9 Å². The summed E-state index contributed by atoms with van der Waals surface area (Å²) in [5.74, 6) is 2.72. The van der Waals surface area contributed by atoms with Crippen LogP contribution in [0.15, 0.2) is 42.5 Å². The van der Waals surface area contributed by atoms with E-state index in [1.165, 1.54) is 0 Å². The molecule has 0 bridgehead atoms. The molecular formula is C25H29N3O6. The zero-order chi connectivity index (χ0) is 23.5. The number of piperidine rings is 1. The molecular weight excluding hydrogens is 438 g/mol. The number of carbonyl (C=O) groups excluding carboxylic acids is 2. The van der Waals surface area contributed by atoms with Crippen LogP contribution in [0, 0.1) is 5.92 Å². The Labute approximate surface area is 198 Å². The molecule has 180 valence electrons. The minimum atomic E-state index is -0.200. The van der Waals surface area contributed by atoms with Gasteiger partial charge in [0.1, 0.15) is 6.61 Å². The molecule has 1 fully saturated rings. The van der Waals surface area contributed by atoms with Crippen molar-refractivity contribution < 1.29 is 28.5 Å². The summed E-state index contributed by atoms with van der Waals surface area (Å²) in [6.07, 6.45) is 1.22. The number of likely N-dealkylation sites (N-methyl/N-ethyl adjacent to an activating group) is 1. The summed E-state index contributed by atoms with van der Waals surface area (Å²) in [5, 5.41) is 2.97. The highest BCUT2D eigenvalue weighted by Gasteiger charge is 2.28. The van der Waals surface area contributed by atoms with Gasteiger partial charge >= 0.3 is 0 Å². The van der Waals surface area contributed by atoms with Gasteiger partial charge in [-0.3, -0.25) is 14.5 Å². The van der Waals surface area contributed by atoms with Crippen LogP contribution in [0.3, 0.4) is 0 Å². The van der Waals surface area contributed by atoms with Crippen LogP contribution in [0.4, 0.5) is 5.69 Å². The number of anilines is 1. The van der Waals surface area contributed by atoms with E-state index in [2.05, 4.69) is 10.2 Å². The number of fused-ring (bicyclic) bond motifs is 2. The van der Waals surface area contributed by atoms with Crippen molar-refractivity contribution in [2.75, 3.05) is 51.9 Å². The van der Waals surface area contributed by atoms with Crippen LogP contribution in [-0.4, -0.2) is 74.3 Å². The standard InChI is InChI=1S/C25H29N3O6/c1-27(13-19-15-31-20-4-2-3-5-22(20)34-19)24(29)14-28-10-8-17(9-11-28)25(30)26-18-6-7-21-23(12-18)33-16-32-21/h2-7,12,17,19H,8-11,13-16H2,1H3,(H,26,30)/t19-/m1/s1. The van der Waals surface area contributed by atoms with Gasteiger partial charge in [-0.1, -0.05) is 12.1 Å². The molecule has 9 nitrogen and oxygen atoms in total. The Morgan fingerprint density at radius 1 is 1.00 bits per heavy atom. The molecule has 3 heterocycles. The second-order valence-electron chi connectivity index (χ2n) is 8.88. The molecule has 34 heavy (non-hydrogen) atoms. The molecule has 1 N–H and O–H groups in total. The van der Waals surface area contributed by atoms with Crippen molar-refractivity contribution in [2.24, 2.45) is 5.92 Å². The number of rotatable bonds is 6. The Hall–Kier alpha value is -3.46. The first-order chi connectivity index (χ1) is 16.5. The van der Waals surface area contributed by atoms with Gasteiger partial charge in [0.25, 0.3) is 0 Å². The van der Waals surface area contributed by atoms with Crippen LogP contribution in [0.5, 0.6) is 23.0 Å². The van der Waals surface area contributed by atoms with E-state index in [4.69, 9.17) is 18.9 Å². The first-order valence-electron chi connectivity index (χ1n) is 11.6. The molecule has 0 radical (unpaired) electrons. The molecule has 3 aliphatic rings. The molecule has 3 aliphatic heterocycles. The monoisotopic (exact) mass is 467 g/mol. The van der Waals surface area contributed by atoms with Crippen LogP contribution >= 0.6 is 0 Å². The number of para-hydroxylation sites is 2. The minimum absolute atomic E-state index is 0.00307. The summed E-state index contributed by atoms with van der Waals surface area (Å²) in [5.41, 5.74) is 0.699. The van der Waals surface area contributed by atoms with Crippen molar-refractivity contribution in [3.63, 3.8) is 0 Å². The van der Waals surface area contributed by atoms with Gasteiger partial charge in [-0.15, -0.1) is 0 Å². The van der Waals surface area contributed by atoms with Crippen LogP contribution < -0.4 is 24.3 Å². The predicted molar refractivity (Wildman–Crippen MR) is 124 cm³/mol. The Morgan fingerprint density at radius 2 is 1.74 bits per heavy atom. The van der Waals surface area contributed by atoms with Gasteiger partial charge in [0, 0.05) is 24.7 Å². The predicted octanol–water partition coefficient (Wildman–Crippen LogP) is 2.36. The van der Waals surface area contributed by atoms with Gasteiger partial charge in [0.05, 0.1) is 13.1 Å². The van der Waals surface area contributed by atoms with E-state index in [-0.39, 0.29) is 30.6 Å². The van der Waals surface area contributed by atoms with Crippen LogP contribution in [0.1, 0.15) is 12.8 Å². The van der Waals surface area contributed by atoms with E-state index >= 15 is 0 Å². The average molecular weight is 468 g/mol. The highest BCUT2D eigenvalue weighted by molar-refractivity contribution is 5.93. The highest BCUT2D eigenvalue weighted by Crippen LogP contribution is 2.34. The quantitative estimate of drug-likeness (QED) is 0.698. The van der Waals surface area contributed by atoms with Gasteiger partial charge < -0.3 is 29.2 Å². The summed E-state index contributed by atoms with van der Waals surface area (Å²) in [6, 6.07) is 12.9. The highest BCUT2D eigenvalue weighted by atomic mass is 16.7. The second kappa shape index (κ2) is 9.80. The largest absolute Gasteiger partial charge is 0.486 e. The fourth-order valence-corrected chi connectivity index (χ4v) is 4.44. The number of carbonyl (C=O) groups is 2. The summed E-state index contributed by atoms with van der Waals surface area (Å²) < 4.78 is 22.4. The van der Waals surface area contributed by atoms with E-state index in [1.807, 2.05) is 30.3 Å². The molecule has 0 aromatic heterocycles. The van der Waals surface area contributed by atoms with E-state index < -0.39 is 0 Å². The number of benzene rings is 2. The summed E-state index contributed by atoms with van der Waals surface area (Å²) in [6.45, 7) is 2.82. The Bertz CT molecular complexity index is 1050. The third-order valence-corrected chi connectivity index (χ3v) is 6.43. The summed E-state index contributed by atoms with van der Waals surface area (Å²) in [4.78, 5) is 29.3. The molecule has 0 unspecified atom stereocenters. The molecule has 0 aliphatic carbocycles. The minimum Gasteiger partial charge on any atom is -0.486 e. The Balaban J connectivity index is 1.05. The molecule has 9 heteroatoms. The van der Waals surface area contributed by atoms with Crippen molar-refractivity contribution in [3.05, 3.63) is 42.5 Å². The van der Waals surface area contributed by atoms with Crippen molar-refractivity contribution in [1.29, 1.82) is 0 Å². The zero-order valence-corrected chi connectivity index (χ0v) is 19.2. The Kier molecular flexibility index (Phi) is 6.44. The third kappa shape index (κ3) is 5.04.